The number of phenolic OH excluding ortho intramolecular Hbond substituents is 1. The standard InChI is InChI=1S/C15H14FNO2/c1-9-4-3-5-12(14(9)18)15(19)17-13-7-6-11(16)8-10(13)2/h3-8,18H,1-2H3,(H,17,19). The molecule has 0 saturated carbocycles. The van der Waals surface area contributed by atoms with Crippen molar-refractivity contribution in [2.45, 2.75) is 13.8 Å². The lowest BCUT2D eigenvalue weighted by atomic mass is 10.1. The van der Waals surface area contributed by atoms with Crippen molar-refractivity contribution >= 4 is 11.6 Å². The first-order valence-corrected chi connectivity index (χ1v) is 5.85. The molecule has 0 atom stereocenters. The molecule has 2 rings (SSSR count). The Morgan fingerprint density at radius 2 is 1.89 bits per heavy atom. The van der Waals surface area contributed by atoms with Gasteiger partial charge in [-0.25, -0.2) is 4.39 Å². The van der Waals surface area contributed by atoms with Crippen LogP contribution in [0.4, 0.5) is 10.1 Å². The molecule has 2 N–H and O–H groups in total. The lowest BCUT2D eigenvalue weighted by Gasteiger charge is -2.10. The van der Waals surface area contributed by atoms with Crippen LogP contribution in [0.15, 0.2) is 36.4 Å². The maximum absolute atomic E-state index is 13.0. The summed E-state index contributed by atoms with van der Waals surface area (Å²) in [7, 11) is 0. The van der Waals surface area contributed by atoms with Gasteiger partial charge in [-0.15, -0.1) is 0 Å². The predicted octanol–water partition coefficient (Wildman–Crippen LogP) is 3.40. The van der Waals surface area contributed by atoms with Crippen molar-refractivity contribution in [2.75, 3.05) is 5.32 Å². The van der Waals surface area contributed by atoms with E-state index < -0.39 is 5.91 Å². The minimum absolute atomic E-state index is 0.0419. The highest BCUT2D eigenvalue weighted by Crippen LogP contribution is 2.23. The fourth-order valence-corrected chi connectivity index (χ4v) is 1.80. The molecular formula is C15H14FNO2. The maximum Gasteiger partial charge on any atom is 0.259 e. The van der Waals surface area contributed by atoms with Crippen LogP contribution < -0.4 is 5.32 Å². The highest BCUT2D eigenvalue weighted by Gasteiger charge is 2.13. The summed E-state index contributed by atoms with van der Waals surface area (Å²) in [5.74, 6) is -0.815. The summed E-state index contributed by atoms with van der Waals surface area (Å²) in [5, 5.41) is 12.5. The number of aromatic hydroxyl groups is 1. The summed E-state index contributed by atoms with van der Waals surface area (Å²) < 4.78 is 13.0. The Hall–Kier alpha value is -2.36. The number of nitrogens with one attached hydrogen (secondary N) is 1. The van der Waals surface area contributed by atoms with Crippen LogP contribution in [0, 0.1) is 19.7 Å². The quantitative estimate of drug-likeness (QED) is 0.868. The van der Waals surface area contributed by atoms with Crippen LogP contribution in [0.3, 0.4) is 0 Å². The van der Waals surface area contributed by atoms with Crippen molar-refractivity contribution in [2.24, 2.45) is 0 Å². The van der Waals surface area contributed by atoms with Gasteiger partial charge >= 0.3 is 0 Å². The Morgan fingerprint density at radius 3 is 2.58 bits per heavy atom. The molecule has 0 aliphatic carbocycles. The van der Waals surface area contributed by atoms with Crippen molar-refractivity contribution in [3.8, 4) is 5.75 Å². The molecule has 0 heterocycles. The number of amides is 1. The van der Waals surface area contributed by atoms with Crippen LogP contribution >= 0.6 is 0 Å². The molecule has 0 saturated heterocycles. The molecule has 2 aromatic rings. The van der Waals surface area contributed by atoms with Gasteiger partial charge in [0.25, 0.3) is 5.91 Å². The molecule has 19 heavy (non-hydrogen) atoms. The predicted molar refractivity (Wildman–Crippen MR) is 71.9 cm³/mol. The van der Waals surface area contributed by atoms with E-state index in [9.17, 15) is 14.3 Å². The van der Waals surface area contributed by atoms with E-state index in [1.54, 1.807) is 26.0 Å². The molecule has 1 amide bonds. The minimum atomic E-state index is -0.420. The molecule has 0 radical (unpaired) electrons. The van der Waals surface area contributed by atoms with Gasteiger partial charge in [0.05, 0.1) is 5.56 Å². The maximum atomic E-state index is 13.0. The van der Waals surface area contributed by atoms with Gasteiger partial charge in [0.2, 0.25) is 0 Å². The highest BCUT2D eigenvalue weighted by molar-refractivity contribution is 6.06. The van der Waals surface area contributed by atoms with E-state index in [4.69, 9.17) is 0 Å². The van der Waals surface area contributed by atoms with Crippen LogP contribution in [0.5, 0.6) is 5.75 Å². The summed E-state index contributed by atoms with van der Waals surface area (Å²) in [6, 6.07) is 9.06. The highest BCUT2D eigenvalue weighted by atomic mass is 19.1. The summed E-state index contributed by atoms with van der Waals surface area (Å²) in [6.07, 6.45) is 0. The number of carbonyl (C=O) groups is 1. The second-order valence-corrected chi connectivity index (χ2v) is 4.38. The van der Waals surface area contributed by atoms with Gasteiger partial charge in [-0.05, 0) is 49.2 Å². The molecule has 4 heteroatoms. The second-order valence-electron chi connectivity index (χ2n) is 4.38. The van der Waals surface area contributed by atoms with E-state index in [2.05, 4.69) is 5.32 Å². The molecule has 3 nitrogen and oxygen atoms in total. The Bertz CT molecular complexity index is 638. The van der Waals surface area contributed by atoms with Crippen LogP contribution in [-0.2, 0) is 0 Å². The van der Waals surface area contributed by atoms with Gasteiger partial charge in [-0.3, -0.25) is 4.79 Å². The number of carbonyl (C=O) groups excluding carboxylic acids is 1. The SMILES string of the molecule is Cc1cc(F)ccc1NC(=O)c1cccc(C)c1O. The number of para-hydroxylation sites is 1. The molecule has 0 fully saturated rings. The Morgan fingerprint density at radius 1 is 1.16 bits per heavy atom. The van der Waals surface area contributed by atoms with Crippen molar-refractivity contribution < 1.29 is 14.3 Å². The topological polar surface area (TPSA) is 49.3 Å². The largest absolute Gasteiger partial charge is 0.507 e. The van der Waals surface area contributed by atoms with Crippen LogP contribution in [0.1, 0.15) is 21.5 Å². The molecule has 0 spiro atoms. The van der Waals surface area contributed by atoms with Crippen molar-refractivity contribution in [3.05, 3.63) is 58.9 Å². The van der Waals surface area contributed by atoms with Gasteiger partial charge in [-0.1, -0.05) is 12.1 Å². The first kappa shape index (κ1) is 13.1. The van der Waals surface area contributed by atoms with E-state index in [1.165, 1.54) is 24.3 Å². The first-order chi connectivity index (χ1) is 8.99. The zero-order valence-corrected chi connectivity index (χ0v) is 10.7. The Labute approximate surface area is 110 Å². The van der Waals surface area contributed by atoms with Crippen molar-refractivity contribution in [1.82, 2.24) is 0 Å². The third-order valence-electron chi connectivity index (χ3n) is 2.92. The number of benzene rings is 2. The Kier molecular flexibility index (Phi) is 3.51. The number of hydrogen-bond acceptors (Lipinski definition) is 2. The lowest BCUT2D eigenvalue weighted by Crippen LogP contribution is -2.13. The van der Waals surface area contributed by atoms with Gasteiger partial charge in [-0.2, -0.15) is 0 Å². The zero-order valence-electron chi connectivity index (χ0n) is 10.7. The van der Waals surface area contributed by atoms with Gasteiger partial charge in [0.15, 0.2) is 0 Å². The van der Waals surface area contributed by atoms with E-state index in [0.717, 1.165) is 0 Å². The molecule has 0 unspecified atom stereocenters. The Balaban J connectivity index is 2.28. The van der Waals surface area contributed by atoms with Crippen molar-refractivity contribution in [3.63, 3.8) is 0 Å². The first-order valence-electron chi connectivity index (χ1n) is 5.85. The molecule has 0 bridgehead atoms. The molecule has 0 aliphatic heterocycles. The lowest BCUT2D eigenvalue weighted by molar-refractivity contribution is 0.102. The molecule has 0 aromatic heterocycles. The van der Waals surface area contributed by atoms with Crippen LogP contribution in [0.2, 0.25) is 0 Å². The number of hydrogen-bond donors (Lipinski definition) is 2. The third kappa shape index (κ3) is 2.73. The van der Waals surface area contributed by atoms with Crippen LogP contribution in [0.25, 0.3) is 0 Å². The summed E-state index contributed by atoms with van der Waals surface area (Å²) in [4.78, 5) is 12.1. The molecular weight excluding hydrogens is 245 g/mol. The number of rotatable bonds is 2. The average Bonchev–Trinajstić information content (AvgIpc) is 2.36. The number of halogens is 1. The van der Waals surface area contributed by atoms with Crippen molar-refractivity contribution in [1.29, 1.82) is 0 Å². The van der Waals surface area contributed by atoms with Gasteiger partial charge in [0.1, 0.15) is 11.6 Å². The molecule has 2 aromatic carbocycles. The fourth-order valence-electron chi connectivity index (χ4n) is 1.80. The van der Waals surface area contributed by atoms with E-state index in [1.807, 2.05) is 0 Å². The third-order valence-corrected chi connectivity index (χ3v) is 2.92. The van der Waals surface area contributed by atoms with E-state index >= 15 is 0 Å². The van der Waals surface area contributed by atoms with Gasteiger partial charge in [0, 0.05) is 5.69 Å². The van der Waals surface area contributed by atoms with Crippen LogP contribution in [-0.4, -0.2) is 11.0 Å². The second kappa shape index (κ2) is 5.10. The number of anilines is 1. The molecule has 0 aliphatic rings. The number of aryl methyl sites for hydroxylation is 2. The van der Waals surface area contributed by atoms with E-state index in [-0.39, 0.29) is 17.1 Å². The summed E-state index contributed by atoms with van der Waals surface area (Å²) in [6.45, 7) is 3.42. The zero-order chi connectivity index (χ0) is 14.0. The summed E-state index contributed by atoms with van der Waals surface area (Å²) in [5.41, 5.74) is 1.97. The smallest absolute Gasteiger partial charge is 0.259 e. The monoisotopic (exact) mass is 259 g/mol. The molecule has 98 valence electrons. The van der Waals surface area contributed by atoms with E-state index in [0.29, 0.717) is 16.8 Å². The average molecular weight is 259 g/mol. The van der Waals surface area contributed by atoms with Gasteiger partial charge < -0.3 is 10.4 Å². The number of phenols is 1. The normalized spacial score (nSPS) is 10.3. The summed E-state index contributed by atoms with van der Waals surface area (Å²) >= 11 is 0. The minimum Gasteiger partial charge on any atom is -0.507 e. The fraction of sp³-hybridized carbons (Fsp3) is 0.133.